The average Bonchev–Trinajstić information content (AvgIpc) is 2.85. The number of amides is 1. The monoisotopic (exact) mass is 560 g/mol. The summed E-state index contributed by atoms with van der Waals surface area (Å²) in [6.07, 6.45) is 2.24. The molecule has 3 aliphatic rings. The number of hydrogen-bond acceptors (Lipinski definition) is 5. The number of allylic oxidation sites excluding steroid dienone is 4. The summed E-state index contributed by atoms with van der Waals surface area (Å²) in [5.41, 5.74) is 5.13. The van der Waals surface area contributed by atoms with E-state index in [-0.39, 0.29) is 34.9 Å². The molecule has 2 aromatic rings. The first-order valence-corrected chi connectivity index (χ1v) is 14.2. The number of ketones is 2. The van der Waals surface area contributed by atoms with E-state index in [4.69, 9.17) is 16.3 Å². The van der Waals surface area contributed by atoms with Crippen molar-refractivity contribution in [1.82, 2.24) is 4.90 Å². The van der Waals surface area contributed by atoms with Crippen molar-refractivity contribution in [2.45, 2.75) is 66.2 Å². The van der Waals surface area contributed by atoms with Crippen LogP contribution in [0.15, 0.2) is 65.0 Å². The number of Topliss-reactive ketones (excluding diaryl/α,β-unsaturated/α-hetero) is 2. The van der Waals surface area contributed by atoms with Gasteiger partial charge in [-0.05, 0) is 60.4 Å². The van der Waals surface area contributed by atoms with E-state index in [2.05, 4.69) is 37.9 Å². The largest absolute Gasteiger partial charge is 0.483 e. The quantitative estimate of drug-likeness (QED) is 0.427. The second-order valence-corrected chi connectivity index (χ2v) is 13.4. The van der Waals surface area contributed by atoms with E-state index in [1.54, 1.807) is 18.2 Å². The summed E-state index contributed by atoms with van der Waals surface area (Å²) >= 11 is 6.52. The Balaban J connectivity index is 1.58. The number of carbonyl (C=O) groups is 3. The molecule has 0 bridgehead atoms. The van der Waals surface area contributed by atoms with E-state index in [0.29, 0.717) is 40.3 Å². The van der Waals surface area contributed by atoms with Gasteiger partial charge in [-0.15, -0.1) is 0 Å². The van der Waals surface area contributed by atoms with Gasteiger partial charge in [0.25, 0.3) is 5.91 Å². The highest BCUT2D eigenvalue weighted by molar-refractivity contribution is 6.30. The van der Waals surface area contributed by atoms with Crippen LogP contribution in [0.1, 0.15) is 70.4 Å². The van der Waals surface area contributed by atoms with Crippen molar-refractivity contribution in [2.24, 2.45) is 10.8 Å². The molecular weight excluding hydrogens is 524 g/mol. The highest BCUT2D eigenvalue weighted by Crippen LogP contribution is 2.55. The van der Waals surface area contributed by atoms with Crippen LogP contribution in [-0.4, -0.2) is 36.0 Å². The molecule has 0 saturated heterocycles. The third-order valence-electron chi connectivity index (χ3n) is 8.24. The molecule has 0 unspecified atom stereocenters. The van der Waals surface area contributed by atoms with Crippen LogP contribution in [0.25, 0.3) is 0 Å². The number of carbonyl (C=O) groups excluding carboxylic acids is 3. The predicted octanol–water partition coefficient (Wildman–Crippen LogP) is 6.98. The summed E-state index contributed by atoms with van der Waals surface area (Å²) in [7, 11) is 1.98. The molecule has 1 amide bonds. The zero-order chi connectivity index (χ0) is 29.0. The van der Waals surface area contributed by atoms with Gasteiger partial charge in [0.1, 0.15) is 5.75 Å². The molecule has 0 spiro atoms. The van der Waals surface area contributed by atoms with Crippen LogP contribution in [0.2, 0.25) is 5.02 Å². The smallest absolute Gasteiger partial charge is 0.262 e. The number of nitrogens with one attached hydrogen (secondary N) is 1. The topological polar surface area (TPSA) is 75.7 Å². The highest BCUT2D eigenvalue weighted by atomic mass is 35.5. The lowest BCUT2D eigenvalue weighted by Gasteiger charge is -2.48. The number of rotatable bonds is 5. The van der Waals surface area contributed by atoms with Gasteiger partial charge in [0, 0.05) is 64.6 Å². The number of ether oxygens (including phenoxy) is 1. The zero-order valence-electron chi connectivity index (χ0n) is 24.1. The molecule has 210 valence electrons. The van der Waals surface area contributed by atoms with Gasteiger partial charge in [0.05, 0.1) is 0 Å². The summed E-state index contributed by atoms with van der Waals surface area (Å²) in [5.74, 6) is -0.384. The van der Waals surface area contributed by atoms with Crippen LogP contribution >= 0.6 is 11.6 Å². The number of nitrogens with zero attached hydrogens (tertiary/aromatic N) is 1. The van der Waals surface area contributed by atoms with Gasteiger partial charge in [-0.3, -0.25) is 14.4 Å². The third kappa shape index (κ3) is 5.34. The van der Waals surface area contributed by atoms with E-state index < -0.39 is 5.92 Å². The van der Waals surface area contributed by atoms with Gasteiger partial charge in [-0.25, -0.2) is 0 Å². The fraction of sp³-hybridized carbons (Fsp3) is 0.424. The van der Waals surface area contributed by atoms with Crippen molar-refractivity contribution in [2.75, 3.05) is 19.0 Å². The number of anilines is 1. The fourth-order valence-electron chi connectivity index (χ4n) is 6.39. The van der Waals surface area contributed by atoms with Gasteiger partial charge in [0.2, 0.25) is 0 Å². The second kappa shape index (κ2) is 10.2. The molecule has 40 heavy (non-hydrogen) atoms. The molecular formula is C33H37ClN2O4. The van der Waals surface area contributed by atoms with Crippen molar-refractivity contribution in [3.8, 4) is 5.75 Å². The van der Waals surface area contributed by atoms with Crippen LogP contribution < -0.4 is 10.1 Å². The van der Waals surface area contributed by atoms with Crippen LogP contribution in [-0.2, 0) is 14.4 Å². The van der Waals surface area contributed by atoms with E-state index in [0.717, 1.165) is 35.5 Å². The SMILES string of the molecule is Cc1ccccc1NC(=O)COc1ccc(Cl)cc1C1C2=C(CC(C)(C)CC2=O)N(C)C2=C1C(=O)CC(C)(C)C2. The van der Waals surface area contributed by atoms with E-state index in [1.165, 1.54) is 0 Å². The van der Waals surface area contributed by atoms with E-state index in [9.17, 15) is 14.4 Å². The predicted molar refractivity (Wildman–Crippen MR) is 157 cm³/mol. The molecule has 7 heteroatoms. The summed E-state index contributed by atoms with van der Waals surface area (Å²) in [4.78, 5) is 42.6. The van der Waals surface area contributed by atoms with E-state index in [1.807, 2.05) is 38.2 Å². The Bertz CT molecular complexity index is 1430. The molecule has 2 aliphatic carbocycles. The maximum atomic E-state index is 13.8. The van der Waals surface area contributed by atoms with Crippen LogP contribution in [0.5, 0.6) is 5.75 Å². The minimum absolute atomic E-state index is 0.0375. The summed E-state index contributed by atoms with van der Waals surface area (Å²) in [6.45, 7) is 10.1. The summed E-state index contributed by atoms with van der Waals surface area (Å²) < 4.78 is 6.11. The number of para-hydroxylation sites is 1. The van der Waals surface area contributed by atoms with E-state index >= 15 is 0 Å². The molecule has 1 heterocycles. The van der Waals surface area contributed by atoms with Crippen molar-refractivity contribution in [1.29, 1.82) is 0 Å². The molecule has 0 aromatic heterocycles. The number of aryl methyl sites for hydroxylation is 1. The Morgan fingerprint density at radius 2 is 1.52 bits per heavy atom. The number of hydrogen-bond donors (Lipinski definition) is 1. The van der Waals surface area contributed by atoms with Crippen LogP contribution in [0.3, 0.4) is 0 Å². The van der Waals surface area contributed by atoms with Crippen molar-refractivity contribution >= 4 is 34.8 Å². The Morgan fingerprint density at radius 3 is 2.10 bits per heavy atom. The molecule has 6 nitrogen and oxygen atoms in total. The summed E-state index contributed by atoms with van der Waals surface area (Å²) in [6, 6.07) is 12.8. The van der Waals surface area contributed by atoms with Gasteiger partial charge < -0.3 is 15.0 Å². The van der Waals surface area contributed by atoms with Crippen LogP contribution in [0.4, 0.5) is 5.69 Å². The summed E-state index contributed by atoms with van der Waals surface area (Å²) in [5, 5.41) is 3.37. The molecule has 1 N–H and O–H groups in total. The minimum Gasteiger partial charge on any atom is -0.483 e. The number of halogens is 1. The molecule has 0 atom stereocenters. The third-order valence-corrected chi connectivity index (χ3v) is 8.48. The van der Waals surface area contributed by atoms with Gasteiger partial charge in [0.15, 0.2) is 18.2 Å². The lowest BCUT2D eigenvalue weighted by Crippen LogP contribution is -2.43. The van der Waals surface area contributed by atoms with Gasteiger partial charge in [-0.1, -0.05) is 57.5 Å². The first kappa shape index (κ1) is 28.2. The lowest BCUT2D eigenvalue weighted by molar-refractivity contribution is -0.120. The van der Waals surface area contributed by atoms with Crippen molar-refractivity contribution in [3.05, 3.63) is 81.2 Å². The molecule has 0 radical (unpaired) electrons. The Hall–Kier alpha value is -3.38. The fourth-order valence-corrected chi connectivity index (χ4v) is 6.58. The number of benzene rings is 2. The average molecular weight is 561 g/mol. The molecule has 1 aliphatic heterocycles. The second-order valence-electron chi connectivity index (χ2n) is 12.9. The normalized spacial score (nSPS) is 20.3. The zero-order valence-corrected chi connectivity index (χ0v) is 24.9. The maximum absolute atomic E-state index is 13.8. The van der Waals surface area contributed by atoms with Crippen molar-refractivity contribution in [3.63, 3.8) is 0 Å². The standard InChI is InChI=1S/C33H37ClN2O4/c1-19-9-7-8-10-22(19)35-28(39)18-40-27-12-11-20(34)13-21(27)29-30-23(14-32(2,3)16-25(30)37)36(6)24-15-33(4,5)17-26(38)31(24)29/h7-13,29H,14-18H2,1-6H3,(H,35,39). The Kier molecular flexibility index (Phi) is 7.20. The van der Waals surface area contributed by atoms with Crippen LogP contribution in [0, 0.1) is 17.8 Å². The maximum Gasteiger partial charge on any atom is 0.262 e. The lowest BCUT2D eigenvalue weighted by atomic mass is 9.63. The molecule has 2 aromatic carbocycles. The minimum atomic E-state index is -0.596. The van der Waals surface area contributed by atoms with Crippen molar-refractivity contribution < 1.29 is 19.1 Å². The molecule has 0 fully saturated rings. The molecule has 0 saturated carbocycles. The first-order chi connectivity index (χ1) is 18.8. The highest BCUT2D eigenvalue weighted by Gasteiger charge is 2.48. The van der Waals surface area contributed by atoms with Gasteiger partial charge >= 0.3 is 0 Å². The Morgan fingerprint density at radius 1 is 0.950 bits per heavy atom. The first-order valence-electron chi connectivity index (χ1n) is 13.8. The Labute approximate surface area is 241 Å². The van der Waals surface area contributed by atoms with Gasteiger partial charge in [-0.2, -0.15) is 0 Å². The molecule has 5 rings (SSSR count).